The highest BCUT2D eigenvalue weighted by molar-refractivity contribution is 5.85. The van der Waals surface area contributed by atoms with E-state index in [0.717, 1.165) is 56.3 Å². The number of fused-ring (bicyclic) bond motifs is 3. The summed E-state index contributed by atoms with van der Waals surface area (Å²) in [6.07, 6.45) is 3.81. The first kappa shape index (κ1) is 10.9. The molecule has 1 fully saturated rings. The minimum Gasteiger partial charge on any atom is -0.368 e. The average molecular weight is 256 g/mol. The summed E-state index contributed by atoms with van der Waals surface area (Å²) in [6.45, 7) is 5.82. The van der Waals surface area contributed by atoms with Crippen molar-refractivity contribution in [3.8, 4) is 0 Å². The van der Waals surface area contributed by atoms with Gasteiger partial charge in [0.05, 0.1) is 24.6 Å². The zero-order valence-corrected chi connectivity index (χ0v) is 10.7. The maximum absolute atomic E-state index is 4.62. The predicted octanol–water partition coefficient (Wildman–Crippen LogP) is 0.273. The van der Waals surface area contributed by atoms with Crippen LogP contribution >= 0.6 is 0 Å². The fourth-order valence-corrected chi connectivity index (χ4v) is 2.74. The molecule has 19 heavy (non-hydrogen) atoms. The van der Waals surface area contributed by atoms with Gasteiger partial charge in [0.15, 0.2) is 11.5 Å². The molecule has 0 aromatic carbocycles. The van der Waals surface area contributed by atoms with E-state index >= 15 is 0 Å². The van der Waals surface area contributed by atoms with Crippen LogP contribution in [0.25, 0.3) is 11.2 Å². The number of pyridine rings is 1. The maximum Gasteiger partial charge on any atom is 0.160 e. The van der Waals surface area contributed by atoms with E-state index in [1.54, 1.807) is 0 Å². The Balaban J connectivity index is 1.77. The molecule has 2 aromatic rings. The molecular weight excluding hydrogens is 240 g/mol. The molecule has 98 valence electrons. The van der Waals surface area contributed by atoms with Crippen LogP contribution in [-0.4, -0.2) is 53.5 Å². The molecule has 0 atom stereocenters. The highest BCUT2D eigenvalue weighted by Crippen LogP contribution is 2.21. The lowest BCUT2D eigenvalue weighted by Gasteiger charge is -2.29. The van der Waals surface area contributed by atoms with E-state index in [0.29, 0.717) is 0 Å². The number of aliphatic imine (C=N–C) groups is 1. The molecule has 2 aliphatic rings. The number of piperazine rings is 1. The SMILES string of the molecule is C1=NCCn2c1nc1cc(N3CCNCC3)cnc12. The van der Waals surface area contributed by atoms with Gasteiger partial charge in [-0.15, -0.1) is 0 Å². The van der Waals surface area contributed by atoms with Crippen molar-refractivity contribution in [1.82, 2.24) is 19.9 Å². The average Bonchev–Trinajstić information content (AvgIpc) is 2.86. The smallest absolute Gasteiger partial charge is 0.160 e. The van der Waals surface area contributed by atoms with E-state index in [1.165, 1.54) is 5.69 Å². The fourth-order valence-electron chi connectivity index (χ4n) is 2.74. The van der Waals surface area contributed by atoms with Crippen molar-refractivity contribution >= 4 is 23.1 Å². The Bertz CT molecular complexity index is 638. The summed E-state index contributed by atoms with van der Waals surface area (Å²) in [6, 6.07) is 2.15. The van der Waals surface area contributed by atoms with E-state index < -0.39 is 0 Å². The van der Waals surface area contributed by atoms with E-state index in [-0.39, 0.29) is 0 Å². The Hall–Kier alpha value is -1.95. The number of rotatable bonds is 1. The molecule has 0 aliphatic carbocycles. The molecule has 1 saturated heterocycles. The molecule has 0 spiro atoms. The molecule has 0 saturated carbocycles. The molecule has 2 aromatic heterocycles. The molecule has 2 aliphatic heterocycles. The molecule has 6 nitrogen and oxygen atoms in total. The van der Waals surface area contributed by atoms with Crippen molar-refractivity contribution in [3.63, 3.8) is 0 Å². The van der Waals surface area contributed by atoms with E-state index in [4.69, 9.17) is 0 Å². The van der Waals surface area contributed by atoms with Crippen LogP contribution in [0.1, 0.15) is 5.82 Å². The van der Waals surface area contributed by atoms with Crippen LogP contribution in [0.3, 0.4) is 0 Å². The summed E-state index contributed by atoms with van der Waals surface area (Å²) in [5, 5.41) is 3.36. The summed E-state index contributed by atoms with van der Waals surface area (Å²) in [4.78, 5) is 15.9. The first-order valence-corrected chi connectivity index (χ1v) is 6.73. The zero-order valence-electron chi connectivity index (χ0n) is 10.7. The van der Waals surface area contributed by atoms with Gasteiger partial charge in [-0.25, -0.2) is 9.97 Å². The van der Waals surface area contributed by atoms with E-state index in [1.807, 2.05) is 12.4 Å². The van der Waals surface area contributed by atoms with Gasteiger partial charge in [-0.3, -0.25) is 4.99 Å². The van der Waals surface area contributed by atoms with Gasteiger partial charge in [-0.1, -0.05) is 0 Å². The van der Waals surface area contributed by atoms with Gasteiger partial charge in [-0.05, 0) is 6.07 Å². The largest absolute Gasteiger partial charge is 0.368 e. The van der Waals surface area contributed by atoms with Crippen molar-refractivity contribution in [3.05, 3.63) is 18.1 Å². The van der Waals surface area contributed by atoms with Gasteiger partial charge < -0.3 is 14.8 Å². The quantitative estimate of drug-likeness (QED) is 0.796. The Labute approximate surface area is 111 Å². The minimum absolute atomic E-state index is 0.819. The number of anilines is 1. The first-order chi connectivity index (χ1) is 9.42. The van der Waals surface area contributed by atoms with Crippen molar-refractivity contribution < 1.29 is 0 Å². The maximum atomic E-state index is 4.62. The topological polar surface area (TPSA) is 58.3 Å². The standard InChI is InChI=1S/C13H16N6/c1-4-18(5-2-14-1)10-7-11-13(16-8-10)19-6-3-15-9-12(19)17-11/h7-9,14H,1-6H2. The second-order valence-corrected chi connectivity index (χ2v) is 4.93. The summed E-state index contributed by atoms with van der Waals surface area (Å²) in [5.41, 5.74) is 3.11. The molecule has 0 bridgehead atoms. The molecule has 0 unspecified atom stereocenters. The molecule has 1 N–H and O–H groups in total. The lowest BCUT2D eigenvalue weighted by Crippen LogP contribution is -2.43. The van der Waals surface area contributed by atoms with Crippen LogP contribution in [0.5, 0.6) is 0 Å². The van der Waals surface area contributed by atoms with Crippen LogP contribution in [0, 0.1) is 0 Å². The molecule has 4 heterocycles. The molecule has 0 amide bonds. The molecule has 6 heteroatoms. The number of hydrogen-bond donors (Lipinski definition) is 1. The third kappa shape index (κ3) is 1.79. The lowest BCUT2D eigenvalue weighted by atomic mass is 10.3. The Kier molecular flexibility index (Phi) is 2.48. The van der Waals surface area contributed by atoms with E-state index in [2.05, 4.69) is 35.8 Å². The summed E-state index contributed by atoms with van der Waals surface area (Å²) in [7, 11) is 0. The molecule has 0 radical (unpaired) electrons. The number of aromatic nitrogens is 3. The van der Waals surface area contributed by atoms with E-state index in [9.17, 15) is 0 Å². The fraction of sp³-hybridized carbons (Fsp3) is 0.462. The van der Waals surface area contributed by atoms with Crippen LogP contribution in [0.4, 0.5) is 5.69 Å². The van der Waals surface area contributed by atoms with Crippen molar-refractivity contribution in [2.75, 3.05) is 37.6 Å². The second kappa shape index (κ2) is 4.31. The highest BCUT2D eigenvalue weighted by Gasteiger charge is 2.16. The van der Waals surface area contributed by atoms with Crippen molar-refractivity contribution in [2.45, 2.75) is 6.54 Å². The van der Waals surface area contributed by atoms with Gasteiger partial charge in [0, 0.05) is 32.7 Å². The van der Waals surface area contributed by atoms with Crippen molar-refractivity contribution in [1.29, 1.82) is 0 Å². The van der Waals surface area contributed by atoms with Gasteiger partial charge >= 0.3 is 0 Å². The molecule has 4 rings (SSSR count). The summed E-state index contributed by atoms with van der Waals surface area (Å²) in [5.74, 6) is 0.922. The Morgan fingerprint density at radius 2 is 2.05 bits per heavy atom. The van der Waals surface area contributed by atoms with Crippen LogP contribution in [0.15, 0.2) is 17.3 Å². The van der Waals surface area contributed by atoms with Gasteiger partial charge in [0.1, 0.15) is 5.52 Å². The van der Waals surface area contributed by atoms with Gasteiger partial charge in [0.2, 0.25) is 0 Å². The lowest BCUT2D eigenvalue weighted by molar-refractivity contribution is 0.589. The Morgan fingerprint density at radius 3 is 2.95 bits per heavy atom. The van der Waals surface area contributed by atoms with Gasteiger partial charge in [0.25, 0.3) is 0 Å². The Morgan fingerprint density at radius 1 is 1.16 bits per heavy atom. The third-order valence-corrected chi connectivity index (χ3v) is 3.74. The monoisotopic (exact) mass is 256 g/mol. The number of nitrogens with one attached hydrogen (secondary N) is 1. The number of imidazole rings is 1. The number of nitrogens with zero attached hydrogens (tertiary/aromatic N) is 5. The zero-order chi connectivity index (χ0) is 12.7. The van der Waals surface area contributed by atoms with Crippen LogP contribution in [-0.2, 0) is 6.54 Å². The van der Waals surface area contributed by atoms with Gasteiger partial charge in [-0.2, -0.15) is 0 Å². The predicted molar refractivity (Wildman–Crippen MR) is 75.1 cm³/mol. The van der Waals surface area contributed by atoms with Crippen LogP contribution < -0.4 is 10.2 Å². The second-order valence-electron chi connectivity index (χ2n) is 4.93. The summed E-state index contributed by atoms with van der Waals surface area (Å²) < 4.78 is 2.14. The third-order valence-electron chi connectivity index (χ3n) is 3.74. The normalized spacial score (nSPS) is 18.8. The van der Waals surface area contributed by atoms with Crippen molar-refractivity contribution in [2.24, 2.45) is 4.99 Å². The number of hydrogen-bond acceptors (Lipinski definition) is 5. The highest BCUT2D eigenvalue weighted by atomic mass is 15.2. The van der Waals surface area contributed by atoms with Crippen LogP contribution in [0.2, 0.25) is 0 Å². The first-order valence-electron chi connectivity index (χ1n) is 6.73. The molecular formula is C13H16N6. The summed E-state index contributed by atoms with van der Waals surface area (Å²) >= 11 is 0. The minimum atomic E-state index is 0.819.